The van der Waals surface area contributed by atoms with E-state index in [4.69, 9.17) is 16.9 Å². The number of halogens is 1. The van der Waals surface area contributed by atoms with E-state index in [1.165, 1.54) is 0 Å². The molecule has 1 amide bonds. The molecule has 0 N–H and O–H groups in total. The van der Waals surface area contributed by atoms with Crippen LogP contribution < -0.4 is 0 Å². The highest BCUT2D eigenvalue weighted by atomic mass is 35.5. The van der Waals surface area contributed by atoms with E-state index in [1.54, 1.807) is 4.90 Å². The molecule has 0 spiro atoms. The van der Waals surface area contributed by atoms with Crippen LogP contribution in [0.4, 0.5) is 0 Å². The van der Waals surface area contributed by atoms with Crippen molar-refractivity contribution in [1.82, 2.24) is 4.90 Å². The monoisotopic (exact) mass is 200 g/mol. The van der Waals surface area contributed by atoms with Crippen LogP contribution >= 0.6 is 11.6 Å². The molecule has 3 nitrogen and oxygen atoms in total. The first-order chi connectivity index (χ1) is 6.22. The molecule has 13 heavy (non-hydrogen) atoms. The fourth-order valence-electron chi connectivity index (χ4n) is 1.69. The van der Waals surface area contributed by atoms with Gasteiger partial charge in [0, 0.05) is 6.54 Å². The highest BCUT2D eigenvalue weighted by Gasteiger charge is 2.33. The van der Waals surface area contributed by atoms with E-state index >= 15 is 0 Å². The number of nitrogens with zero attached hydrogens (tertiary/aromatic N) is 2. The third kappa shape index (κ3) is 2.13. The molecule has 4 heteroatoms. The van der Waals surface area contributed by atoms with E-state index in [0.717, 1.165) is 12.8 Å². The van der Waals surface area contributed by atoms with Crippen molar-refractivity contribution >= 4 is 17.5 Å². The lowest BCUT2D eigenvalue weighted by atomic mass is 10.0. The Labute approximate surface area is 83.3 Å². The molecule has 0 radical (unpaired) electrons. The lowest BCUT2D eigenvalue weighted by Gasteiger charge is -2.17. The van der Waals surface area contributed by atoms with Crippen LogP contribution in [-0.2, 0) is 4.79 Å². The average Bonchev–Trinajstić information content (AvgIpc) is 2.59. The highest BCUT2D eigenvalue weighted by molar-refractivity contribution is 6.27. The molecule has 1 aliphatic heterocycles. The van der Waals surface area contributed by atoms with Gasteiger partial charge in [-0.3, -0.25) is 4.79 Å². The molecule has 1 rings (SSSR count). The maximum atomic E-state index is 11.3. The molecule has 0 aliphatic carbocycles. The molecule has 0 saturated carbocycles. The molecule has 72 valence electrons. The van der Waals surface area contributed by atoms with Gasteiger partial charge in [0.2, 0.25) is 5.91 Å². The van der Waals surface area contributed by atoms with E-state index < -0.39 is 0 Å². The number of carbonyl (C=O) groups excluding carboxylic acids is 1. The number of nitriles is 1. The summed E-state index contributed by atoms with van der Waals surface area (Å²) in [5.74, 6) is 0.329. The zero-order valence-electron chi connectivity index (χ0n) is 7.66. The van der Waals surface area contributed by atoms with Gasteiger partial charge in [-0.2, -0.15) is 5.26 Å². The van der Waals surface area contributed by atoms with E-state index in [-0.39, 0.29) is 17.8 Å². The van der Waals surface area contributed by atoms with Gasteiger partial charge >= 0.3 is 0 Å². The third-order valence-electron chi connectivity index (χ3n) is 2.55. The number of hydrogen-bond acceptors (Lipinski definition) is 2. The minimum Gasteiger partial charge on any atom is -0.325 e. The Bertz CT molecular complexity index is 236. The molecular formula is C9H13ClN2O. The number of rotatable bonds is 2. The first-order valence-corrected chi connectivity index (χ1v) is 5.01. The standard InChI is InChI=1S/C9H13ClN2O/c1-2-7-3-8(5-11)12(6-7)9(13)4-10/h7-8H,2-4,6H2,1H3/t7-,8-/m0/s1. The summed E-state index contributed by atoms with van der Waals surface area (Å²) in [6.45, 7) is 2.77. The maximum Gasteiger partial charge on any atom is 0.238 e. The summed E-state index contributed by atoms with van der Waals surface area (Å²) in [5, 5.41) is 8.81. The summed E-state index contributed by atoms with van der Waals surface area (Å²) in [7, 11) is 0. The van der Waals surface area contributed by atoms with Crippen LogP contribution in [0.2, 0.25) is 0 Å². The lowest BCUT2D eigenvalue weighted by molar-refractivity contribution is -0.128. The van der Waals surface area contributed by atoms with Gasteiger partial charge in [0.15, 0.2) is 0 Å². The molecule has 0 unspecified atom stereocenters. The van der Waals surface area contributed by atoms with Gasteiger partial charge in [-0.15, -0.1) is 11.6 Å². The van der Waals surface area contributed by atoms with Crippen LogP contribution in [0.5, 0.6) is 0 Å². The summed E-state index contributed by atoms with van der Waals surface area (Å²) in [6.07, 6.45) is 1.82. The predicted molar refractivity (Wildman–Crippen MR) is 50.2 cm³/mol. The fraction of sp³-hybridized carbons (Fsp3) is 0.778. The molecule has 1 fully saturated rings. The lowest BCUT2D eigenvalue weighted by Crippen LogP contribution is -2.35. The summed E-state index contributed by atoms with van der Waals surface area (Å²) < 4.78 is 0. The number of likely N-dealkylation sites (tertiary alicyclic amines) is 1. The molecule has 0 bridgehead atoms. The Morgan fingerprint density at radius 2 is 2.46 bits per heavy atom. The summed E-state index contributed by atoms with van der Waals surface area (Å²) in [4.78, 5) is 12.9. The van der Waals surface area contributed by atoms with E-state index in [2.05, 4.69) is 13.0 Å². The van der Waals surface area contributed by atoms with Crippen LogP contribution in [0.15, 0.2) is 0 Å². The maximum absolute atomic E-state index is 11.3. The molecule has 1 aliphatic rings. The van der Waals surface area contributed by atoms with Crippen LogP contribution in [0.25, 0.3) is 0 Å². The average molecular weight is 201 g/mol. The Hall–Kier alpha value is -0.750. The second kappa shape index (κ2) is 4.48. The summed E-state index contributed by atoms with van der Waals surface area (Å²) in [5.41, 5.74) is 0. The molecular weight excluding hydrogens is 188 g/mol. The largest absolute Gasteiger partial charge is 0.325 e. The summed E-state index contributed by atoms with van der Waals surface area (Å²) in [6, 6.07) is 1.89. The Balaban J connectivity index is 2.64. The SMILES string of the molecule is CC[C@H]1C[C@@H](C#N)N(C(=O)CCl)C1. The van der Waals surface area contributed by atoms with E-state index in [9.17, 15) is 4.79 Å². The van der Waals surface area contributed by atoms with Crippen LogP contribution in [0.3, 0.4) is 0 Å². The van der Waals surface area contributed by atoms with Gasteiger partial charge in [-0.05, 0) is 12.3 Å². The normalized spacial score (nSPS) is 27.3. The first-order valence-electron chi connectivity index (χ1n) is 4.48. The smallest absolute Gasteiger partial charge is 0.238 e. The highest BCUT2D eigenvalue weighted by Crippen LogP contribution is 2.25. The van der Waals surface area contributed by atoms with Crippen LogP contribution in [0, 0.1) is 17.2 Å². The van der Waals surface area contributed by atoms with Crippen molar-refractivity contribution in [3.63, 3.8) is 0 Å². The van der Waals surface area contributed by atoms with E-state index in [1.807, 2.05) is 0 Å². The summed E-state index contributed by atoms with van der Waals surface area (Å²) >= 11 is 5.44. The molecule has 0 aromatic carbocycles. The molecule has 0 aromatic heterocycles. The van der Waals surface area contributed by atoms with Gasteiger partial charge in [0.05, 0.1) is 6.07 Å². The Morgan fingerprint density at radius 1 is 1.77 bits per heavy atom. The van der Waals surface area contributed by atoms with Crippen LogP contribution in [-0.4, -0.2) is 29.3 Å². The number of carbonyl (C=O) groups is 1. The molecule has 2 atom stereocenters. The van der Waals surface area contributed by atoms with Crippen molar-refractivity contribution in [3.8, 4) is 6.07 Å². The Morgan fingerprint density at radius 3 is 2.92 bits per heavy atom. The fourth-order valence-corrected chi connectivity index (χ4v) is 1.85. The van der Waals surface area contributed by atoms with Gasteiger partial charge in [0.25, 0.3) is 0 Å². The zero-order valence-corrected chi connectivity index (χ0v) is 8.42. The van der Waals surface area contributed by atoms with Gasteiger partial charge < -0.3 is 4.90 Å². The van der Waals surface area contributed by atoms with Gasteiger partial charge in [-0.1, -0.05) is 13.3 Å². The van der Waals surface area contributed by atoms with Gasteiger partial charge in [-0.25, -0.2) is 0 Å². The molecule has 1 heterocycles. The van der Waals surface area contributed by atoms with Crippen LogP contribution in [0.1, 0.15) is 19.8 Å². The second-order valence-electron chi connectivity index (χ2n) is 3.33. The van der Waals surface area contributed by atoms with E-state index in [0.29, 0.717) is 12.5 Å². The van der Waals surface area contributed by atoms with Crippen molar-refractivity contribution in [2.45, 2.75) is 25.8 Å². The minimum absolute atomic E-state index is 0.0192. The number of alkyl halides is 1. The third-order valence-corrected chi connectivity index (χ3v) is 2.78. The minimum atomic E-state index is -0.254. The predicted octanol–water partition coefficient (Wildman–Crippen LogP) is 1.38. The second-order valence-corrected chi connectivity index (χ2v) is 3.60. The quantitative estimate of drug-likeness (QED) is 0.632. The van der Waals surface area contributed by atoms with Crippen molar-refractivity contribution in [2.75, 3.05) is 12.4 Å². The van der Waals surface area contributed by atoms with Crippen molar-refractivity contribution in [2.24, 2.45) is 5.92 Å². The Kier molecular flexibility index (Phi) is 3.56. The molecule has 1 saturated heterocycles. The van der Waals surface area contributed by atoms with Gasteiger partial charge in [0.1, 0.15) is 11.9 Å². The first kappa shape index (κ1) is 10.3. The van der Waals surface area contributed by atoms with Crippen molar-refractivity contribution in [3.05, 3.63) is 0 Å². The number of hydrogen-bond donors (Lipinski definition) is 0. The topological polar surface area (TPSA) is 44.1 Å². The molecule has 0 aromatic rings. The van der Waals surface area contributed by atoms with Crippen molar-refractivity contribution < 1.29 is 4.79 Å². The number of amides is 1. The van der Waals surface area contributed by atoms with Crippen molar-refractivity contribution in [1.29, 1.82) is 5.26 Å². The zero-order chi connectivity index (χ0) is 9.84.